The molecule has 1 atom stereocenters. The molecule has 0 saturated heterocycles. The van der Waals surface area contributed by atoms with E-state index >= 15 is 0 Å². The maximum Gasteiger partial charge on any atom is 0.269 e. The first-order chi connectivity index (χ1) is 15.5. The number of amides is 1. The third kappa shape index (κ3) is 3.72. The van der Waals surface area contributed by atoms with Crippen LogP contribution in [0.5, 0.6) is 0 Å². The van der Waals surface area contributed by atoms with E-state index in [1.807, 2.05) is 12.3 Å². The third-order valence-electron chi connectivity index (χ3n) is 6.93. The summed E-state index contributed by atoms with van der Waals surface area (Å²) >= 11 is 0. The molecule has 7 heteroatoms. The van der Waals surface area contributed by atoms with Gasteiger partial charge in [0, 0.05) is 24.5 Å². The fourth-order valence-electron chi connectivity index (χ4n) is 5.05. The molecule has 1 aliphatic rings. The second kappa shape index (κ2) is 8.30. The second-order valence-electron chi connectivity index (χ2n) is 8.75. The number of H-pyrrole nitrogens is 1. The number of aromatic amines is 1. The fraction of sp³-hybridized carbons (Fsp3) is 0.360. The number of hydrogen-bond donors (Lipinski definition) is 2. The highest BCUT2D eigenvalue weighted by Gasteiger charge is 2.29. The van der Waals surface area contributed by atoms with Crippen molar-refractivity contribution in [1.82, 2.24) is 25.3 Å². The average molecular weight is 432 g/mol. The Morgan fingerprint density at radius 1 is 1.12 bits per heavy atom. The molecule has 3 heterocycles. The zero-order valence-corrected chi connectivity index (χ0v) is 18.2. The summed E-state index contributed by atoms with van der Waals surface area (Å²) in [5.41, 5.74) is 4.05. The van der Waals surface area contributed by atoms with E-state index in [1.165, 1.54) is 11.6 Å². The highest BCUT2D eigenvalue weighted by Crippen LogP contribution is 2.42. The standard InChI is InChI=1S/C25H26FN5O/c1-14(24-30-21-12-22(25(32)27-2)29-13-23(21)31-24)15-3-5-16(6-4-15)18-9-10-28-20-8-7-17(26)11-19(18)20/h7-16H,3-6H2,1-2H3,(H,27,32)(H,30,31)/t14-,15-,16+/m0/s1. The molecule has 0 bridgehead atoms. The Kier molecular flexibility index (Phi) is 5.33. The van der Waals surface area contributed by atoms with Gasteiger partial charge >= 0.3 is 0 Å². The highest BCUT2D eigenvalue weighted by molar-refractivity contribution is 5.94. The number of imidazole rings is 1. The Morgan fingerprint density at radius 2 is 1.94 bits per heavy atom. The van der Waals surface area contributed by atoms with Crippen molar-refractivity contribution in [1.29, 1.82) is 0 Å². The lowest BCUT2D eigenvalue weighted by atomic mass is 9.73. The van der Waals surface area contributed by atoms with Gasteiger partial charge in [-0.05, 0) is 73.4 Å². The van der Waals surface area contributed by atoms with Crippen LogP contribution >= 0.6 is 0 Å². The molecule has 1 aromatic carbocycles. The summed E-state index contributed by atoms with van der Waals surface area (Å²) in [6.07, 6.45) is 7.78. The van der Waals surface area contributed by atoms with Crippen molar-refractivity contribution < 1.29 is 9.18 Å². The first-order valence-electron chi connectivity index (χ1n) is 11.2. The van der Waals surface area contributed by atoms with Gasteiger partial charge in [-0.3, -0.25) is 9.78 Å². The van der Waals surface area contributed by atoms with Crippen LogP contribution in [0.2, 0.25) is 0 Å². The number of benzene rings is 1. The van der Waals surface area contributed by atoms with Crippen molar-refractivity contribution in [2.75, 3.05) is 7.05 Å². The van der Waals surface area contributed by atoms with E-state index in [4.69, 9.17) is 4.98 Å². The Hall–Kier alpha value is -3.35. The molecule has 0 radical (unpaired) electrons. The molecule has 32 heavy (non-hydrogen) atoms. The monoisotopic (exact) mass is 431 g/mol. The van der Waals surface area contributed by atoms with Crippen LogP contribution in [0.1, 0.15) is 66.3 Å². The van der Waals surface area contributed by atoms with Crippen molar-refractivity contribution in [2.24, 2.45) is 5.92 Å². The molecule has 0 spiro atoms. The molecular formula is C25H26FN5O. The Morgan fingerprint density at radius 3 is 2.72 bits per heavy atom. The predicted octanol–water partition coefficient (Wildman–Crippen LogP) is 5.08. The summed E-state index contributed by atoms with van der Waals surface area (Å²) in [4.78, 5) is 28.6. The van der Waals surface area contributed by atoms with Crippen molar-refractivity contribution in [2.45, 2.75) is 44.4 Å². The van der Waals surface area contributed by atoms with Crippen molar-refractivity contribution in [3.63, 3.8) is 0 Å². The van der Waals surface area contributed by atoms with Crippen molar-refractivity contribution >= 4 is 27.8 Å². The second-order valence-corrected chi connectivity index (χ2v) is 8.75. The van der Waals surface area contributed by atoms with E-state index in [1.54, 1.807) is 31.4 Å². The normalized spacial score (nSPS) is 19.8. The molecule has 0 unspecified atom stereocenters. The van der Waals surface area contributed by atoms with Crippen LogP contribution in [0, 0.1) is 11.7 Å². The number of halogens is 1. The lowest BCUT2D eigenvalue weighted by Crippen LogP contribution is -2.19. The minimum absolute atomic E-state index is 0.210. The zero-order chi connectivity index (χ0) is 22.2. The smallest absolute Gasteiger partial charge is 0.269 e. The van der Waals surface area contributed by atoms with E-state index in [0.29, 0.717) is 17.5 Å². The minimum Gasteiger partial charge on any atom is -0.354 e. The van der Waals surface area contributed by atoms with Crippen LogP contribution in [0.3, 0.4) is 0 Å². The van der Waals surface area contributed by atoms with Gasteiger partial charge in [0.1, 0.15) is 22.9 Å². The average Bonchev–Trinajstić information content (AvgIpc) is 3.26. The summed E-state index contributed by atoms with van der Waals surface area (Å²) in [5, 5.41) is 3.53. The maximum atomic E-state index is 13.9. The zero-order valence-electron chi connectivity index (χ0n) is 18.2. The number of rotatable bonds is 4. The van der Waals surface area contributed by atoms with E-state index in [0.717, 1.165) is 53.4 Å². The Bertz CT molecular complexity index is 1290. The van der Waals surface area contributed by atoms with Crippen molar-refractivity contribution in [3.8, 4) is 0 Å². The molecule has 6 nitrogen and oxygen atoms in total. The van der Waals surface area contributed by atoms with Crippen molar-refractivity contribution in [3.05, 3.63) is 65.6 Å². The SMILES string of the molecule is CNC(=O)c1cc2[nH]c([C@@H](C)[C@H]3CC[C@@H](c4ccnc5ccc(F)cc54)CC3)nc2cn1. The molecule has 3 aromatic heterocycles. The number of carbonyl (C=O) groups is 1. The minimum atomic E-state index is -0.215. The fourth-order valence-corrected chi connectivity index (χ4v) is 5.05. The molecule has 4 aromatic rings. The van der Waals surface area contributed by atoms with Crippen LogP contribution in [-0.2, 0) is 0 Å². The van der Waals surface area contributed by atoms with Gasteiger partial charge in [0.2, 0.25) is 0 Å². The molecule has 2 N–H and O–H groups in total. The predicted molar refractivity (Wildman–Crippen MR) is 122 cm³/mol. The summed E-state index contributed by atoms with van der Waals surface area (Å²) in [5.74, 6) is 1.73. The molecule has 1 amide bonds. The molecular weight excluding hydrogens is 405 g/mol. The molecule has 164 valence electrons. The van der Waals surface area contributed by atoms with E-state index < -0.39 is 0 Å². The first kappa shape index (κ1) is 20.5. The van der Waals surface area contributed by atoms with Crippen LogP contribution < -0.4 is 5.32 Å². The van der Waals surface area contributed by atoms with Gasteiger partial charge in [0.05, 0.1) is 17.2 Å². The number of pyridine rings is 2. The summed E-state index contributed by atoms with van der Waals surface area (Å²) in [6.45, 7) is 2.22. The lowest BCUT2D eigenvalue weighted by Gasteiger charge is -2.32. The van der Waals surface area contributed by atoms with Gasteiger partial charge < -0.3 is 10.3 Å². The van der Waals surface area contributed by atoms with Crippen LogP contribution in [0.15, 0.2) is 42.7 Å². The van der Waals surface area contributed by atoms with Gasteiger partial charge in [0.15, 0.2) is 0 Å². The third-order valence-corrected chi connectivity index (χ3v) is 6.93. The number of hydrogen-bond acceptors (Lipinski definition) is 4. The molecule has 1 fully saturated rings. The van der Waals surface area contributed by atoms with Gasteiger partial charge in [0.25, 0.3) is 5.91 Å². The number of carbonyl (C=O) groups excluding carboxylic acids is 1. The van der Waals surface area contributed by atoms with Gasteiger partial charge in [-0.2, -0.15) is 0 Å². The molecule has 1 saturated carbocycles. The Balaban J connectivity index is 1.32. The van der Waals surface area contributed by atoms with Gasteiger partial charge in [-0.15, -0.1) is 0 Å². The number of nitrogens with zero attached hydrogens (tertiary/aromatic N) is 3. The van der Waals surface area contributed by atoms with Crippen LogP contribution in [-0.4, -0.2) is 32.9 Å². The van der Waals surface area contributed by atoms with E-state index in [-0.39, 0.29) is 17.6 Å². The maximum absolute atomic E-state index is 13.9. The topological polar surface area (TPSA) is 83.6 Å². The van der Waals surface area contributed by atoms with E-state index in [2.05, 4.69) is 27.2 Å². The summed E-state index contributed by atoms with van der Waals surface area (Å²) < 4.78 is 13.9. The summed E-state index contributed by atoms with van der Waals surface area (Å²) in [6, 6.07) is 8.64. The number of fused-ring (bicyclic) bond motifs is 2. The van der Waals surface area contributed by atoms with E-state index in [9.17, 15) is 9.18 Å². The lowest BCUT2D eigenvalue weighted by molar-refractivity contribution is 0.0958. The first-order valence-corrected chi connectivity index (χ1v) is 11.2. The molecule has 1 aliphatic carbocycles. The Labute approximate surface area is 185 Å². The largest absolute Gasteiger partial charge is 0.354 e. The number of aromatic nitrogens is 4. The highest BCUT2D eigenvalue weighted by atomic mass is 19.1. The summed E-state index contributed by atoms with van der Waals surface area (Å²) in [7, 11) is 1.59. The molecule has 0 aliphatic heterocycles. The van der Waals surface area contributed by atoms with Crippen LogP contribution in [0.25, 0.3) is 21.9 Å². The van der Waals surface area contributed by atoms with Gasteiger partial charge in [-0.25, -0.2) is 14.4 Å². The van der Waals surface area contributed by atoms with Gasteiger partial charge in [-0.1, -0.05) is 6.92 Å². The number of nitrogens with one attached hydrogen (secondary N) is 2. The van der Waals surface area contributed by atoms with Crippen LogP contribution in [0.4, 0.5) is 4.39 Å². The quantitative estimate of drug-likeness (QED) is 0.472. The molecule has 5 rings (SSSR count).